The molecule has 180 valence electrons. The second kappa shape index (κ2) is 9.76. The van der Waals surface area contributed by atoms with Crippen LogP contribution in [0.25, 0.3) is 27.7 Å². The van der Waals surface area contributed by atoms with Gasteiger partial charge in [0.2, 0.25) is 5.95 Å². The van der Waals surface area contributed by atoms with Crippen molar-refractivity contribution in [3.8, 4) is 23.3 Å². The van der Waals surface area contributed by atoms with Crippen LogP contribution in [-0.2, 0) is 0 Å². The van der Waals surface area contributed by atoms with Gasteiger partial charge in [-0.15, -0.1) is 0 Å². The molecule has 2 aromatic heterocycles. The smallest absolute Gasteiger partial charge is 0.266 e. The number of nitriles is 2. The fraction of sp³-hybridized carbons (Fsp3) is 0.143. The summed E-state index contributed by atoms with van der Waals surface area (Å²) in [5.74, 6) is 0.763. The largest absolute Gasteiger partial charge is 0.368 e. The van der Waals surface area contributed by atoms with Crippen LogP contribution in [0.2, 0.25) is 0 Å². The topological polar surface area (TPSA) is 146 Å². The highest BCUT2D eigenvalue weighted by molar-refractivity contribution is 5.94. The minimum atomic E-state index is -0.506. The number of allylic oxidation sites excluding steroid dienone is 4. The average molecular weight is 487 g/mol. The van der Waals surface area contributed by atoms with Crippen molar-refractivity contribution < 1.29 is 0 Å². The van der Waals surface area contributed by atoms with Crippen LogP contribution in [0.5, 0.6) is 0 Å². The molecule has 1 atom stereocenters. The molecule has 2 aromatic carbocycles. The molecule has 0 saturated carbocycles. The van der Waals surface area contributed by atoms with Gasteiger partial charge >= 0.3 is 0 Å². The zero-order valence-electron chi connectivity index (χ0n) is 20.0. The molecule has 0 unspecified atom stereocenters. The maximum Gasteiger partial charge on any atom is 0.266 e. The van der Waals surface area contributed by atoms with Crippen molar-refractivity contribution in [2.75, 3.05) is 11.1 Å². The lowest BCUT2D eigenvalue weighted by molar-refractivity contribution is 0.737. The van der Waals surface area contributed by atoms with Crippen LogP contribution in [0.4, 0.5) is 11.8 Å². The minimum Gasteiger partial charge on any atom is -0.368 e. The second-order valence-electron chi connectivity index (χ2n) is 8.58. The highest BCUT2D eigenvalue weighted by Gasteiger charge is 2.22. The molecular weight excluding hydrogens is 464 g/mol. The molecule has 1 aliphatic carbocycles. The fourth-order valence-electron chi connectivity index (χ4n) is 4.37. The Balaban J connectivity index is 1.72. The van der Waals surface area contributed by atoms with E-state index in [1.165, 1.54) is 6.20 Å². The summed E-state index contributed by atoms with van der Waals surface area (Å²) in [6.45, 7) is 1.85. The quantitative estimate of drug-likeness (QED) is 0.418. The van der Waals surface area contributed by atoms with Gasteiger partial charge in [0.15, 0.2) is 0 Å². The van der Waals surface area contributed by atoms with Crippen molar-refractivity contribution in [3.63, 3.8) is 0 Å². The highest BCUT2D eigenvalue weighted by Crippen LogP contribution is 2.29. The van der Waals surface area contributed by atoms with Gasteiger partial charge in [0.1, 0.15) is 23.3 Å². The first-order chi connectivity index (χ1) is 18.0. The Hall–Kier alpha value is -5.28. The van der Waals surface area contributed by atoms with E-state index >= 15 is 0 Å². The number of benzene rings is 2. The van der Waals surface area contributed by atoms with Crippen LogP contribution in [-0.4, -0.2) is 19.5 Å². The highest BCUT2D eigenvalue weighted by atomic mass is 16.1. The van der Waals surface area contributed by atoms with Gasteiger partial charge in [-0.2, -0.15) is 15.5 Å². The summed E-state index contributed by atoms with van der Waals surface area (Å²) >= 11 is 0. The first-order valence-corrected chi connectivity index (χ1v) is 11.7. The Labute approximate surface area is 212 Å². The van der Waals surface area contributed by atoms with E-state index in [1.54, 1.807) is 22.8 Å². The molecule has 0 amide bonds. The Morgan fingerprint density at radius 2 is 1.89 bits per heavy atom. The van der Waals surface area contributed by atoms with E-state index in [4.69, 9.17) is 16.0 Å². The number of fused-ring (bicyclic) bond motifs is 1. The lowest BCUT2D eigenvalue weighted by Crippen LogP contribution is -2.28. The van der Waals surface area contributed by atoms with Gasteiger partial charge < -0.3 is 11.1 Å². The number of nitrogens with one attached hydrogen (secondary N) is 1. The van der Waals surface area contributed by atoms with Crippen LogP contribution in [0.15, 0.2) is 71.7 Å². The van der Waals surface area contributed by atoms with Crippen molar-refractivity contribution in [3.05, 3.63) is 94.2 Å². The van der Waals surface area contributed by atoms with Gasteiger partial charge in [0.25, 0.3) is 5.56 Å². The molecule has 2 heterocycles. The number of rotatable bonds is 5. The summed E-state index contributed by atoms with van der Waals surface area (Å²) < 4.78 is 1.61. The summed E-state index contributed by atoms with van der Waals surface area (Å²) in [6.07, 6.45) is 9.01. The van der Waals surface area contributed by atoms with Gasteiger partial charge in [-0.25, -0.2) is 9.97 Å². The Kier molecular flexibility index (Phi) is 6.19. The molecule has 0 saturated heterocycles. The molecule has 3 N–H and O–H groups in total. The van der Waals surface area contributed by atoms with Crippen molar-refractivity contribution in [1.29, 1.82) is 10.5 Å². The number of hydrogen-bond acceptors (Lipinski definition) is 8. The summed E-state index contributed by atoms with van der Waals surface area (Å²) in [7, 11) is 0. The summed E-state index contributed by atoms with van der Waals surface area (Å²) in [4.78, 5) is 27.1. The molecule has 0 radical (unpaired) electrons. The SMILES string of the molecule is C[C@H](Nc1nc(N)ncc1C#N)c1nc2cccc(-c3ccc(C#N)cc3)c2c(=O)n1C1=CCCC=C1. The number of nitrogen functional groups attached to an aromatic ring is 1. The van der Waals surface area contributed by atoms with Gasteiger partial charge in [-0.3, -0.25) is 9.36 Å². The van der Waals surface area contributed by atoms with Crippen molar-refractivity contribution >= 4 is 28.4 Å². The number of nitrogens with two attached hydrogens (primary N) is 1. The van der Waals surface area contributed by atoms with Gasteiger partial charge in [-0.05, 0) is 55.2 Å². The maximum absolute atomic E-state index is 14.2. The Morgan fingerprint density at radius 1 is 1.08 bits per heavy atom. The predicted octanol–water partition coefficient (Wildman–Crippen LogP) is 4.54. The second-order valence-corrected chi connectivity index (χ2v) is 8.58. The molecule has 0 fully saturated rings. The first-order valence-electron chi connectivity index (χ1n) is 11.7. The van der Waals surface area contributed by atoms with Crippen LogP contribution < -0.4 is 16.6 Å². The van der Waals surface area contributed by atoms with Crippen molar-refractivity contribution in [1.82, 2.24) is 19.5 Å². The van der Waals surface area contributed by atoms with Crippen LogP contribution >= 0.6 is 0 Å². The van der Waals surface area contributed by atoms with E-state index in [1.807, 2.05) is 49.4 Å². The van der Waals surface area contributed by atoms with E-state index in [0.717, 1.165) is 29.7 Å². The molecule has 9 heteroatoms. The van der Waals surface area contributed by atoms with E-state index in [2.05, 4.69) is 27.4 Å². The monoisotopic (exact) mass is 486 g/mol. The van der Waals surface area contributed by atoms with Crippen LogP contribution in [0.3, 0.4) is 0 Å². The van der Waals surface area contributed by atoms with Crippen LogP contribution in [0.1, 0.15) is 42.8 Å². The van der Waals surface area contributed by atoms with E-state index < -0.39 is 6.04 Å². The minimum absolute atomic E-state index is 0.0301. The number of hydrogen-bond donors (Lipinski definition) is 2. The molecule has 0 aliphatic heterocycles. The third-order valence-corrected chi connectivity index (χ3v) is 6.15. The zero-order valence-corrected chi connectivity index (χ0v) is 20.0. The summed E-state index contributed by atoms with van der Waals surface area (Å²) in [5.41, 5.74) is 9.13. The number of nitrogens with zero attached hydrogens (tertiary/aromatic N) is 6. The Bertz CT molecular complexity index is 1720. The van der Waals surface area contributed by atoms with E-state index in [-0.39, 0.29) is 22.9 Å². The third kappa shape index (κ3) is 4.42. The lowest BCUT2D eigenvalue weighted by Gasteiger charge is -2.22. The number of anilines is 2. The first kappa shape index (κ1) is 23.5. The molecule has 37 heavy (non-hydrogen) atoms. The average Bonchev–Trinajstić information content (AvgIpc) is 2.93. The lowest BCUT2D eigenvalue weighted by atomic mass is 10.00. The Morgan fingerprint density at radius 3 is 2.59 bits per heavy atom. The maximum atomic E-state index is 14.2. The number of aromatic nitrogens is 4. The van der Waals surface area contributed by atoms with E-state index in [9.17, 15) is 10.1 Å². The molecule has 1 aliphatic rings. The van der Waals surface area contributed by atoms with Crippen LogP contribution in [0, 0.1) is 22.7 Å². The summed E-state index contributed by atoms with van der Waals surface area (Å²) in [6, 6.07) is 16.3. The molecular formula is C28H22N8O. The van der Waals surface area contributed by atoms with E-state index in [0.29, 0.717) is 22.3 Å². The van der Waals surface area contributed by atoms with Crippen molar-refractivity contribution in [2.45, 2.75) is 25.8 Å². The van der Waals surface area contributed by atoms with Gasteiger partial charge in [-0.1, -0.05) is 36.4 Å². The molecule has 4 aromatic rings. The van der Waals surface area contributed by atoms with Gasteiger partial charge in [0.05, 0.1) is 34.8 Å². The fourth-order valence-corrected chi connectivity index (χ4v) is 4.37. The zero-order chi connectivity index (χ0) is 25.9. The molecule has 0 bridgehead atoms. The molecule has 5 rings (SSSR count). The van der Waals surface area contributed by atoms with Crippen molar-refractivity contribution in [2.24, 2.45) is 0 Å². The van der Waals surface area contributed by atoms with Gasteiger partial charge in [0, 0.05) is 5.70 Å². The summed E-state index contributed by atoms with van der Waals surface area (Å²) in [5, 5.41) is 22.3. The third-order valence-electron chi connectivity index (χ3n) is 6.15. The predicted molar refractivity (Wildman–Crippen MR) is 142 cm³/mol. The normalized spacial score (nSPS) is 13.4. The standard InChI is InChI=1S/C28H22N8O/c1-17(33-25-20(15-30)16-32-28(31)35-25)26-34-23-9-5-8-22(19-12-10-18(14-29)11-13-19)24(23)27(37)36(26)21-6-3-2-4-7-21/h3,5-13,16-17H,2,4H2,1H3,(H3,31,32,33,35)/t17-/m0/s1. The molecule has 0 spiro atoms. The molecule has 9 nitrogen and oxygen atoms in total.